The lowest BCUT2D eigenvalue weighted by Gasteiger charge is -2.29. The maximum absolute atomic E-state index is 11.8. The molecule has 0 saturated heterocycles. The number of carbonyl (C=O) groups is 1. The number of unbranched alkanes of at least 4 members (excludes halogenated alkanes) is 6. The van der Waals surface area contributed by atoms with Gasteiger partial charge in [0.1, 0.15) is 6.10 Å². The summed E-state index contributed by atoms with van der Waals surface area (Å²) in [5, 5.41) is 0. The van der Waals surface area contributed by atoms with Gasteiger partial charge in [0.25, 0.3) is 0 Å². The van der Waals surface area contributed by atoms with Crippen LogP contribution < -0.4 is 0 Å². The van der Waals surface area contributed by atoms with E-state index in [0.29, 0.717) is 6.42 Å². The zero-order chi connectivity index (χ0) is 14.6. The smallest absolute Gasteiger partial charge is 0.306 e. The second-order valence-corrected chi connectivity index (χ2v) is 5.96. The van der Waals surface area contributed by atoms with Gasteiger partial charge < -0.3 is 9.47 Å². The summed E-state index contributed by atoms with van der Waals surface area (Å²) in [5.74, 6) is -0.0347. The molecule has 3 nitrogen and oxygen atoms in total. The normalized spacial score (nSPS) is 22.7. The van der Waals surface area contributed by atoms with Gasteiger partial charge in [0.2, 0.25) is 0 Å². The summed E-state index contributed by atoms with van der Waals surface area (Å²) in [7, 11) is 1.72. The molecule has 0 radical (unpaired) electrons. The van der Waals surface area contributed by atoms with Gasteiger partial charge in [0.05, 0.1) is 6.10 Å². The molecule has 0 N–H and O–H groups in total. The molecule has 0 aromatic carbocycles. The molecule has 1 aliphatic carbocycles. The van der Waals surface area contributed by atoms with Gasteiger partial charge in [-0.1, -0.05) is 51.9 Å². The fraction of sp³-hybridized carbons (Fsp3) is 0.941. The van der Waals surface area contributed by atoms with Crippen molar-refractivity contribution in [1.82, 2.24) is 0 Å². The third-order valence-corrected chi connectivity index (χ3v) is 4.21. The van der Waals surface area contributed by atoms with E-state index in [1.807, 2.05) is 0 Å². The summed E-state index contributed by atoms with van der Waals surface area (Å²) in [5.41, 5.74) is 0. The molecular formula is C17H32O3. The summed E-state index contributed by atoms with van der Waals surface area (Å²) in [4.78, 5) is 11.8. The monoisotopic (exact) mass is 284 g/mol. The molecular weight excluding hydrogens is 252 g/mol. The number of hydrogen-bond acceptors (Lipinski definition) is 3. The molecule has 0 bridgehead atoms. The van der Waals surface area contributed by atoms with Crippen LogP contribution in [0.5, 0.6) is 0 Å². The van der Waals surface area contributed by atoms with E-state index in [4.69, 9.17) is 9.47 Å². The van der Waals surface area contributed by atoms with Gasteiger partial charge >= 0.3 is 5.97 Å². The van der Waals surface area contributed by atoms with E-state index >= 15 is 0 Å². The quantitative estimate of drug-likeness (QED) is 0.433. The van der Waals surface area contributed by atoms with Crippen molar-refractivity contribution in [3.05, 3.63) is 0 Å². The summed E-state index contributed by atoms with van der Waals surface area (Å²) in [6.07, 6.45) is 13.6. The van der Waals surface area contributed by atoms with Gasteiger partial charge in [0, 0.05) is 13.5 Å². The lowest BCUT2D eigenvalue weighted by molar-refractivity contribution is -0.159. The molecule has 1 saturated carbocycles. The number of methoxy groups -OCH3 is 1. The minimum atomic E-state index is -0.0347. The van der Waals surface area contributed by atoms with Gasteiger partial charge in [-0.15, -0.1) is 0 Å². The minimum Gasteiger partial charge on any atom is -0.460 e. The van der Waals surface area contributed by atoms with Crippen LogP contribution in [0.2, 0.25) is 0 Å². The first-order valence-electron chi connectivity index (χ1n) is 8.50. The lowest BCUT2D eigenvalue weighted by Crippen LogP contribution is -2.35. The highest BCUT2D eigenvalue weighted by Gasteiger charge is 2.27. The predicted octanol–water partition coefficient (Wildman–Crippen LogP) is 4.63. The minimum absolute atomic E-state index is 0.00851. The zero-order valence-electron chi connectivity index (χ0n) is 13.4. The fourth-order valence-electron chi connectivity index (χ4n) is 2.92. The molecule has 0 aliphatic heterocycles. The van der Waals surface area contributed by atoms with Crippen LogP contribution in [0.4, 0.5) is 0 Å². The van der Waals surface area contributed by atoms with Crippen molar-refractivity contribution in [3.63, 3.8) is 0 Å². The lowest BCUT2D eigenvalue weighted by atomic mass is 9.94. The van der Waals surface area contributed by atoms with Crippen LogP contribution in [0.15, 0.2) is 0 Å². The Morgan fingerprint density at radius 3 is 2.20 bits per heavy atom. The fourth-order valence-corrected chi connectivity index (χ4v) is 2.92. The maximum atomic E-state index is 11.8. The SMILES string of the molecule is CCCCCCCCCC(=O)O[C@@H]1CCCC[C@H]1OC. The van der Waals surface area contributed by atoms with Crippen molar-refractivity contribution < 1.29 is 14.3 Å². The van der Waals surface area contributed by atoms with Crippen LogP contribution in [0, 0.1) is 0 Å². The predicted molar refractivity (Wildman–Crippen MR) is 81.8 cm³/mol. The maximum Gasteiger partial charge on any atom is 0.306 e. The van der Waals surface area contributed by atoms with Gasteiger partial charge in [-0.25, -0.2) is 0 Å². The van der Waals surface area contributed by atoms with E-state index in [2.05, 4.69) is 6.92 Å². The molecule has 1 fully saturated rings. The molecule has 0 spiro atoms. The van der Waals surface area contributed by atoms with Crippen molar-refractivity contribution in [1.29, 1.82) is 0 Å². The van der Waals surface area contributed by atoms with E-state index in [1.54, 1.807) is 7.11 Å². The standard InChI is InChI=1S/C17H32O3/c1-3-4-5-6-7-8-9-14-17(18)20-16-13-11-10-12-15(16)19-2/h15-16H,3-14H2,1-2H3/t15-,16-/m1/s1. The third-order valence-electron chi connectivity index (χ3n) is 4.21. The molecule has 2 atom stereocenters. The molecule has 0 heterocycles. The Morgan fingerprint density at radius 2 is 1.55 bits per heavy atom. The molecule has 0 amide bonds. The Balaban J connectivity index is 2.04. The second-order valence-electron chi connectivity index (χ2n) is 5.96. The van der Waals surface area contributed by atoms with E-state index in [-0.39, 0.29) is 18.2 Å². The Morgan fingerprint density at radius 1 is 0.950 bits per heavy atom. The number of ether oxygens (including phenoxy) is 2. The van der Waals surface area contributed by atoms with E-state index in [9.17, 15) is 4.79 Å². The first kappa shape index (κ1) is 17.5. The summed E-state index contributed by atoms with van der Waals surface area (Å²) in [6, 6.07) is 0. The van der Waals surface area contributed by atoms with Crippen LogP contribution >= 0.6 is 0 Å². The molecule has 118 valence electrons. The molecule has 20 heavy (non-hydrogen) atoms. The van der Waals surface area contributed by atoms with Crippen molar-refractivity contribution in [3.8, 4) is 0 Å². The Labute approximate surface area is 124 Å². The van der Waals surface area contributed by atoms with Crippen molar-refractivity contribution in [2.45, 2.75) is 96.2 Å². The van der Waals surface area contributed by atoms with Crippen molar-refractivity contribution in [2.75, 3.05) is 7.11 Å². The van der Waals surface area contributed by atoms with Crippen LogP contribution in [0.1, 0.15) is 84.0 Å². The van der Waals surface area contributed by atoms with E-state index in [1.165, 1.54) is 38.5 Å². The van der Waals surface area contributed by atoms with Gasteiger partial charge in [0.15, 0.2) is 0 Å². The number of esters is 1. The highest BCUT2D eigenvalue weighted by atomic mass is 16.6. The second kappa shape index (κ2) is 11.1. The highest BCUT2D eigenvalue weighted by Crippen LogP contribution is 2.24. The number of hydrogen-bond donors (Lipinski definition) is 0. The third kappa shape index (κ3) is 7.28. The summed E-state index contributed by atoms with van der Waals surface area (Å²) < 4.78 is 11.0. The molecule has 1 aliphatic rings. The average Bonchev–Trinajstić information content (AvgIpc) is 2.47. The largest absolute Gasteiger partial charge is 0.460 e. The number of rotatable bonds is 10. The van der Waals surface area contributed by atoms with Crippen LogP contribution in [0.3, 0.4) is 0 Å². The van der Waals surface area contributed by atoms with Crippen LogP contribution in [-0.4, -0.2) is 25.3 Å². The summed E-state index contributed by atoms with van der Waals surface area (Å²) in [6.45, 7) is 2.23. The molecule has 0 unspecified atom stereocenters. The van der Waals surface area contributed by atoms with Gasteiger partial charge in [-0.3, -0.25) is 4.79 Å². The first-order chi connectivity index (χ1) is 9.77. The average molecular weight is 284 g/mol. The van der Waals surface area contributed by atoms with Crippen LogP contribution in [0.25, 0.3) is 0 Å². The molecule has 0 aromatic rings. The van der Waals surface area contributed by atoms with Gasteiger partial charge in [-0.05, 0) is 25.7 Å². The Kier molecular flexibility index (Phi) is 9.73. The molecule has 0 aromatic heterocycles. The zero-order valence-corrected chi connectivity index (χ0v) is 13.4. The molecule has 1 rings (SSSR count). The van der Waals surface area contributed by atoms with Crippen molar-refractivity contribution in [2.24, 2.45) is 0 Å². The van der Waals surface area contributed by atoms with Crippen LogP contribution in [-0.2, 0) is 14.3 Å². The van der Waals surface area contributed by atoms with E-state index < -0.39 is 0 Å². The summed E-state index contributed by atoms with van der Waals surface area (Å²) >= 11 is 0. The van der Waals surface area contributed by atoms with Gasteiger partial charge in [-0.2, -0.15) is 0 Å². The van der Waals surface area contributed by atoms with E-state index in [0.717, 1.165) is 32.1 Å². The molecule has 3 heteroatoms. The Bertz CT molecular complexity index is 253. The first-order valence-corrected chi connectivity index (χ1v) is 8.50. The van der Waals surface area contributed by atoms with Crippen molar-refractivity contribution >= 4 is 5.97 Å². The highest BCUT2D eigenvalue weighted by molar-refractivity contribution is 5.69. The Hall–Kier alpha value is -0.570. The topological polar surface area (TPSA) is 35.5 Å². The number of carbonyl (C=O) groups excluding carboxylic acids is 1.